The third-order valence-corrected chi connectivity index (χ3v) is 7.53. The first-order valence-electron chi connectivity index (χ1n) is 13.6. The highest BCUT2D eigenvalue weighted by Gasteiger charge is 2.35. The number of alkyl halides is 5. The Morgan fingerprint density at radius 2 is 1.75 bits per heavy atom. The molecule has 0 bridgehead atoms. The lowest BCUT2D eigenvalue weighted by Crippen LogP contribution is -2.16. The number of carboxylic acid groups (broad SMARTS) is 1. The van der Waals surface area contributed by atoms with Gasteiger partial charge >= 0.3 is 18.7 Å². The summed E-state index contributed by atoms with van der Waals surface area (Å²) >= 11 is 6.01. The summed E-state index contributed by atoms with van der Waals surface area (Å²) in [5.74, 6) is -3.10. The topological polar surface area (TPSA) is 117 Å². The summed E-state index contributed by atoms with van der Waals surface area (Å²) in [6.45, 7) is -2.90. The molecule has 0 amide bonds. The van der Waals surface area contributed by atoms with Gasteiger partial charge in [0.15, 0.2) is 11.5 Å². The Hall–Kier alpha value is -5.58. The maximum atomic E-state index is 15.4. The molecule has 48 heavy (non-hydrogen) atoms. The molecule has 10 nitrogen and oxygen atoms in total. The molecule has 0 aliphatic carbocycles. The maximum Gasteiger partial charge on any atom is 0.436 e. The lowest BCUT2D eigenvalue weighted by atomic mass is 10.0. The minimum absolute atomic E-state index is 0.0381. The van der Waals surface area contributed by atoms with E-state index in [1.807, 2.05) is 0 Å². The van der Waals surface area contributed by atoms with Crippen molar-refractivity contribution in [2.24, 2.45) is 0 Å². The van der Waals surface area contributed by atoms with Crippen LogP contribution >= 0.6 is 11.6 Å². The Labute approximate surface area is 269 Å². The van der Waals surface area contributed by atoms with Crippen LogP contribution in [0.2, 0.25) is 5.02 Å². The summed E-state index contributed by atoms with van der Waals surface area (Å²) < 4.78 is 98.9. The normalized spacial score (nSPS) is 12.5. The van der Waals surface area contributed by atoms with Crippen LogP contribution in [0.4, 0.5) is 30.7 Å². The van der Waals surface area contributed by atoms with Crippen molar-refractivity contribution in [3.63, 3.8) is 0 Å². The lowest BCUT2D eigenvalue weighted by molar-refractivity contribution is -0.141. The number of aromatic carboxylic acids is 1. The van der Waals surface area contributed by atoms with E-state index in [1.54, 1.807) is 0 Å². The van der Waals surface area contributed by atoms with Crippen molar-refractivity contribution >= 4 is 17.6 Å². The van der Waals surface area contributed by atoms with E-state index in [1.165, 1.54) is 59.7 Å². The number of hydrogen-bond donors (Lipinski definition) is 1. The van der Waals surface area contributed by atoms with Crippen LogP contribution in [0.25, 0.3) is 27.9 Å². The monoisotopic (exact) mass is 690 g/mol. The summed E-state index contributed by atoms with van der Waals surface area (Å²) in [5, 5.41) is 23.6. The van der Waals surface area contributed by atoms with Crippen molar-refractivity contribution in [3.05, 3.63) is 119 Å². The minimum atomic E-state index is -4.80. The molecule has 0 spiro atoms. The Kier molecular flexibility index (Phi) is 8.46. The van der Waals surface area contributed by atoms with Gasteiger partial charge in [0, 0.05) is 47.3 Å². The van der Waals surface area contributed by atoms with Crippen molar-refractivity contribution in [1.29, 1.82) is 0 Å². The van der Waals surface area contributed by atoms with Crippen LogP contribution in [0.1, 0.15) is 40.0 Å². The molecule has 2 aromatic carbocycles. The summed E-state index contributed by atoms with van der Waals surface area (Å²) in [6.07, 6.45) is 0.833. The molecule has 1 N–H and O–H groups in total. The second-order valence-electron chi connectivity index (χ2n) is 10.3. The quantitative estimate of drug-likeness (QED) is 0.159. The summed E-state index contributed by atoms with van der Waals surface area (Å²) in [4.78, 5) is 15.7. The highest BCUT2D eigenvalue weighted by molar-refractivity contribution is 6.31. The number of aromatic nitrogens is 8. The molecule has 0 aliphatic rings. The Morgan fingerprint density at radius 3 is 2.38 bits per heavy atom. The average Bonchev–Trinajstić information content (AvgIpc) is 3.83. The zero-order valence-corrected chi connectivity index (χ0v) is 24.6. The first-order valence-corrected chi connectivity index (χ1v) is 14.0. The first-order chi connectivity index (χ1) is 22.8. The molecule has 4 heterocycles. The molecular formula is C30H18ClF7N8O2. The third kappa shape index (κ3) is 6.35. The maximum absolute atomic E-state index is 15.4. The van der Waals surface area contributed by atoms with E-state index in [4.69, 9.17) is 16.7 Å². The van der Waals surface area contributed by atoms with Crippen molar-refractivity contribution in [1.82, 2.24) is 39.5 Å². The highest BCUT2D eigenvalue weighted by Crippen LogP contribution is 2.35. The molecule has 18 heteroatoms. The van der Waals surface area contributed by atoms with Crippen LogP contribution in [0, 0.1) is 11.6 Å². The minimum Gasteiger partial charge on any atom is -0.478 e. The predicted molar refractivity (Wildman–Crippen MR) is 154 cm³/mol. The van der Waals surface area contributed by atoms with Gasteiger partial charge in [-0.25, -0.2) is 22.9 Å². The van der Waals surface area contributed by atoms with E-state index in [-0.39, 0.29) is 56.3 Å². The van der Waals surface area contributed by atoms with Crippen molar-refractivity contribution in [2.75, 3.05) is 0 Å². The van der Waals surface area contributed by atoms with Crippen LogP contribution in [-0.4, -0.2) is 50.6 Å². The van der Waals surface area contributed by atoms with Gasteiger partial charge in [0.2, 0.25) is 0 Å². The molecule has 1 atom stereocenters. The summed E-state index contributed by atoms with van der Waals surface area (Å²) in [6, 6.07) is 9.16. The molecule has 0 radical (unpaired) electrons. The van der Waals surface area contributed by atoms with Crippen molar-refractivity contribution < 1.29 is 40.6 Å². The van der Waals surface area contributed by atoms with E-state index in [0.717, 1.165) is 23.0 Å². The van der Waals surface area contributed by atoms with Crippen molar-refractivity contribution in [2.45, 2.75) is 25.2 Å². The second kappa shape index (κ2) is 12.6. The first kappa shape index (κ1) is 32.4. The molecule has 0 saturated carbocycles. The van der Waals surface area contributed by atoms with Gasteiger partial charge in [-0.2, -0.15) is 32.1 Å². The number of carboxylic acids is 1. The van der Waals surface area contributed by atoms with Crippen LogP contribution in [0.5, 0.6) is 0 Å². The van der Waals surface area contributed by atoms with Gasteiger partial charge in [0.05, 0.1) is 46.1 Å². The van der Waals surface area contributed by atoms with Crippen LogP contribution in [0.3, 0.4) is 0 Å². The number of nitrogens with zero attached hydrogens (tertiary/aromatic N) is 8. The zero-order chi connectivity index (χ0) is 34.3. The van der Waals surface area contributed by atoms with E-state index < -0.39 is 42.1 Å². The van der Waals surface area contributed by atoms with Gasteiger partial charge in [0.1, 0.15) is 5.82 Å². The average molecular weight is 691 g/mol. The molecule has 4 aromatic heterocycles. The van der Waals surface area contributed by atoms with E-state index in [2.05, 4.69) is 25.5 Å². The number of carbonyl (C=O) groups is 1. The molecule has 0 fully saturated rings. The van der Waals surface area contributed by atoms with Crippen LogP contribution < -0.4 is 0 Å². The van der Waals surface area contributed by atoms with Gasteiger partial charge in [-0.1, -0.05) is 28.9 Å². The van der Waals surface area contributed by atoms with Gasteiger partial charge in [-0.15, -0.1) is 5.10 Å². The number of rotatable bonds is 9. The SMILES string of the molecule is O=C(O)c1ccc(-c2cnn(C(Cc3ccn(C(F)F)n3)c3ccc(-c4c(-n5cc(C(F)(F)F)nn5)ccc(Cl)c4F)cn3)c2)c(F)c1. The van der Waals surface area contributed by atoms with Gasteiger partial charge < -0.3 is 5.11 Å². The van der Waals surface area contributed by atoms with Gasteiger partial charge in [-0.05, 0) is 36.4 Å². The fraction of sp³-hybridized carbons (Fsp3) is 0.133. The molecular weight excluding hydrogens is 673 g/mol. The molecule has 6 aromatic rings. The fourth-order valence-electron chi connectivity index (χ4n) is 4.92. The Morgan fingerprint density at radius 1 is 0.958 bits per heavy atom. The standard InChI is InChI=1S/C30H18ClF7N8O2/c31-20-4-6-23(46-14-25(41-43-46)30(36,37)38)26(27(20)33)16-2-5-22(39-11-16)24(10-18-7-8-44(42-18)29(34)35)45-13-17(12-40-45)19-3-1-15(28(47)48)9-21(19)32/h1-9,11-14,24,29H,10H2,(H,47,48). The molecule has 0 saturated heterocycles. The fourth-order valence-corrected chi connectivity index (χ4v) is 5.08. The van der Waals surface area contributed by atoms with Gasteiger partial charge in [0.25, 0.3) is 0 Å². The number of pyridine rings is 1. The van der Waals surface area contributed by atoms with Gasteiger partial charge in [-0.3, -0.25) is 9.67 Å². The Bertz CT molecular complexity index is 2130. The number of benzene rings is 2. The molecule has 1 unspecified atom stereocenters. The molecule has 6 rings (SSSR count). The van der Waals surface area contributed by atoms with E-state index in [9.17, 15) is 31.1 Å². The zero-order valence-electron chi connectivity index (χ0n) is 23.8. The van der Waals surface area contributed by atoms with E-state index in [0.29, 0.717) is 10.9 Å². The summed E-state index contributed by atoms with van der Waals surface area (Å²) in [7, 11) is 0. The largest absolute Gasteiger partial charge is 0.478 e. The summed E-state index contributed by atoms with van der Waals surface area (Å²) in [5.41, 5.74) is -1.01. The third-order valence-electron chi connectivity index (χ3n) is 7.23. The second-order valence-corrected chi connectivity index (χ2v) is 10.7. The number of hydrogen-bond acceptors (Lipinski definition) is 6. The van der Waals surface area contributed by atoms with Crippen molar-refractivity contribution in [3.8, 4) is 27.9 Å². The Balaban J connectivity index is 1.39. The molecule has 246 valence electrons. The lowest BCUT2D eigenvalue weighted by Gasteiger charge is -2.17. The van der Waals surface area contributed by atoms with Crippen LogP contribution in [0.15, 0.2) is 79.5 Å². The predicted octanol–water partition coefficient (Wildman–Crippen LogP) is 7.27. The number of halogens is 8. The highest BCUT2D eigenvalue weighted by atomic mass is 35.5. The smallest absolute Gasteiger partial charge is 0.436 e. The van der Waals surface area contributed by atoms with E-state index >= 15 is 4.39 Å². The molecule has 0 aliphatic heterocycles. The van der Waals surface area contributed by atoms with Crippen LogP contribution in [-0.2, 0) is 12.6 Å².